The van der Waals surface area contributed by atoms with Crippen molar-refractivity contribution in [3.63, 3.8) is 0 Å². The normalized spacial score (nSPS) is 17.8. The third kappa shape index (κ3) is 4.18. The Morgan fingerprint density at radius 2 is 2.19 bits per heavy atom. The van der Waals surface area contributed by atoms with Crippen molar-refractivity contribution in [2.24, 2.45) is 5.92 Å². The standard InChI is InChI=1S/C14H19NO5S/c1-9(2)8-21(18,19)15-13-6-4-10-3-5-11(7-12(10)13)20-14(16)17/h3,5,7,9,13,15H,4,6,8H2,1-2H3,(H,16,17)/t13-/m1/s1. The number of fused-ring (bicyclic) bond motifs is 1. The van der Waals surface area contributed by atoms with E-state index in [9.17, 15) is 13.2 Å². The Hall–Kier alpha value is -1.60. The van der Waals surface area contributed by atoms with Crippen molar-refractivity contribution < 1.29 is 23.1 Å². The van der Waals surface area contributed by atoms with Crippen LogP contribution in [0.5, 0.6) is 5.75 Å². The van der Waals surface area contributed by atoms with Gasteiger partial charge in [0.15, 0.2) is 0 Å². The van der Waals surface area contributed by atoms with Crippen LogP contribution >= 0.6 is 0 Å². The highest BCUT2D eigenvalue weighted by Crippen LogP contribution is 2.34. The highest BCUT2D eigenvalue weighted by atomic mass is 32.2. The highest BCUT2D eigenvalue weighted by molar-refractivity contribution is 7.89. The van der Waals surface area contributed by atoms with Crippen LogP contribution in [-0.4, -0.2) is 25.4 Å². The summed E-state index contributed by atoms with van der Waals surface area (Å²) in [7, 11) is -3.35. The second-order valence-corrected chi connectivity index (χ2v) is 7.41. The number of carbonyl (C=O) groups is 1. The summed E-state index contributed by atoms with van der Waals surface area (Å²) in [6, 6.07) is 4.64. The largest absolute Gasteiger partial charge is 0.511 e. The Morgan fingerprint density at radius 1 is 1.48 bits per heavy atom. The van der Waals surface area contributed by atoms with Gasteiger partial charge in [-0.2, -0.15) is 0 Å². The SMILES string of the molecule is CC(C)CS(=O)(=O)N[C@@H]1CCc2ccc(OC(=O)O)cc21. The van der Waals surface area contributed by atoms with Crippen LogP contribution < -0.4 is 9.46 Å². The summed E-state index contributed by atoms with van der Waals surface area (Å²) in [5.41, 5.74) is 1.81. The van der Waals surface area contributed by atoms with Crippen molar-refractivity contribution in [2.45, 2.75) is 32.7 Å². The molecule has 1 aromatic rings. The summed E-state index contributed by atoms with van der Waals surface area (Å²) in [5.74, 6) is 0.325. The van der Waals surface area contributed by atoms with E-state index in [1.54, 1.807) is 18.2 Å². The molecule has 0 spiro atoms. The fourth-order valence-corrected chi connectivity index (χ4v) is 4.22. The van der Waals surface area contributed by atoms with E-state index in [1.165, 1.54) is 0 Å². The number of carboxylic acid groups (broad SMARTS) is 1. The summed E-state index contributed by atoms with van der Waals surface area (Å²) >= 11 is 0. The first-order chi connectivity index (χ1) is 9.77. The van der Waals surface area contributed by atoms with E-state index < -0.39 is 16.2 Å². The Balaban J connectivity index is 2.18. The van der Waals surface area contributed by atoms with E-state index in [0.717, 1.165) is 17.5 Å². The summed E-state index contributed by atoms with van der Waals surface area (Å²) in [5, 5.41) is 8.63. The molecule has 0 aromatic heterocycles. The zero-order valence-corrected chi connectivity index (χ0v) is 12.8. The van der Waals surface area contributed by atoms with Gasteiger partial charge in [0.2, 0.25) is 10.0 Å². The maximum atomic E-state index is 12.0. The third-order valence-electron chi connectivity index (χ3n) is 3.27. The smallest absolute Gasteiger partial charge is 0.449 e. The molecule has 116 valence electrons. The van der Waals surface area contributed by atoms with Crippen molar-refractivity contribution in [2.75, 3.05) is 5.75 Å². The van der Waals surface area contributed by atoms with E-state index in [0.29, 0.717) is 6.42 Å². The summed E-state index contributed by atoms with van der Waals surface area (Å²) in [6.07, 6.45) is 0.0469. The summed E-state index contributed by atoms with van der Waals surface area (Å²) in [6.45, 7) is 3.70. The first kappa shape index (κ1) is 15.8. The molecule has 2 N–H and O–H groups in total. The minimum atomic E-state index is -3.35. The number of rotatable bonds is 5. The lowest BCUT2D eigenvalue weighted by atomic mass is 10.1. The predicted molar refractivity (Wildman–Crippen MR) is 77.9 cm³/mol. The fraction of sp³-hybridized carbons (Fsp3) is 0.500. The number of hydrogen-bond acceptors (Lipinski definition) is 4. The minimum Gasteiger partial charge on any atom is -0.449 e. The van der Waals surface area contributed by atoms with Gasteiger partial charge in [0.1, 0.15) is 5.75 Å². The molecular formula is C14H19NO5S. The monoisotopic (exact) mass is 313 g/mol. The molecule has 1 aliphatic rings. The molecule has 0 amide bonds. The molecule has 1 aromatic carbocycles. The molecule has 1 atom stereocenters. The van der Waals surface area contributed by atoms with E-state index in [-0.39, 0.29) is 23.5 Å². The third-order valence-corrected chi connectivity index (χ3v) is 5.02. The average Bonchev–Trinajstić information content (AvgIpc) is 2.69. The minimum absolute atomic E-state index is 0.0463. The molecule has 0 unspecified atom stereocenters. The van der Waals surface area contributed by atoms with Crippen molar-refractivity contribution in [3.8, 4) is 5.75 Å². The van der Waals surface area contributed by atoms with Gasteiger partial charge in [0, 0.05) is 6.04 Å². The Labute approximate surface area is 124 Å². The van der Waals surface area contributed by atoms with Crippen LogP contribution in [0.1, 0.15) is 37.4 Å². The molecule has 0 fully saturated rings. The molecule has 6 nitrogen and oxygen atoms in total. The zero-order valence-electron chi connectivity index (χ0n) is 12.0. The summed E-state index contributed by atoms with van der Waals surface area (Å²) < 4.78 is 31.4. The molecule has 0 aliphatic heterocycles. The second-order valence-electron chi connectivity index (χ2n) is 5.61. The Morgan fingerprint density at radius 3 is 2.81 bits per heavy atom. The van der Waals surface area contributed by atoms with Crippen molar-refractivity contribution in [1.82, 2.24) is 4.72 Å². The summed E-state index contributed by atoms with van der Waals surface area (Å²) in [4.78, 5) is 10.6. The van der Waals surface area contributed by atoms with Crippen LogP contribution in [0.4, 0.5) is 4.79 Å². The lowest BCUT2D eigenvalue weighted by molar-refractivity contribution is 0.144. The van der Waals surface area contributed by atoms with Gasteiger partial charge in [0.05, 0.1) is 5.75 Å². The molecule has 21 heavy (non-hydrogen) atoms. The van der Waals surface area contributed by atoms with Crippen LogP contribution in [0.2, 0.25) is 0 Å². The average molecular weight is 313 g/mol. The number of nitrogens with one attached hydrogen (secondary N) is 1. The van der Waals surface area contributed by atoms with Gasteiger partial charge in [-0.25, -0.2) is 17.9 Å². The molecule has 2 rings (SSSR count). The molecule has 0 bridgehead atoms. The molecule has 0 heterocycles. The van der Waals surface area contributed by atoms with Gasteiger partial charge in [-0.3, -0.25) is 0 Å². The van der Waals surface area contributed by atoms with E-state index in [1.807, 2.05) is 13.8 Å². The topological polar surface area (TPSA) is 92.7 Å². The first-order valence-electron chi connectivity index (χ1n) is 6.80. The Bertz CT molecular complexity index is 639. The van der Waals surface area contributed by atoms with Crippen molar-refractivity contribution in [1.29, 1.82) is 0 Å². The number of sulfonamides is 1. The van der Waals surface area contributed by atoms with Crippen LogP contribution in [0, 0.1) is 5.92 Å². The van der Waals surface area contributed by atoms with E-state index in [2.05, 4.69) is 9.46 Å². The van der Waals surface area contributed by atoms with Crippen molar-refractivity contribution in [3.05, 3.63) is 29.3 Å². The zero-order chi connectivity index (χ0) is 15.6. The van der Waals surface area contributed by atoms with Crippen LogP contribution in [-0.2, 0) is 16.4 Å². The van der Waals surface area contributed by atoms with Gasteiger partial charge in [-0.1, -0.05) is 19.9 Å². The molecular weight excluding hydrogens is 294 g/mol. The maximum Gasteiger partial charge on any atom is 0.511 e. The number of ether oxygens (including phenoxy) is 1. The number of benzene rings is 1. The first-order valence-corrected chi connectivity index (χ1v) is 8.45. The number of aryl methyl sites for hydroxylation is 1. The van der Waals surface area contributed by atoms with Crippen LogP contribution in [0.3, 0.4) is 0 Å². The van der Waals surface area contributed by atoms with Gasteiger partial charge in [0.25, 0.3) is 0 Å². The quantitative estimate of drug-likeness (QED) is 0.643. The van der Waals surface area contributed by atoms with Gasteiger partial charge >= 0.3 is 6.16 Å². The molecule has 1 aliphatic carbocycles. The van der Waals surface area contributed by atoms with Gasteiger partial charge < -0.3 is 9.84 Å². The lowest BCUT2D eigenvalue weighted by Gasteiger charge is -2.16. The number of hydrogen-bond donors (Lipinski definition) is 2. The lowest BCUT2D eigenvalue weighted by Crippen LogP contribution is -2.31. The second kappa shape index (κ2) is 6.03. The highest BCUT2D eigenvalue weighted by Gasteiger charge is 2.27. The van der Waals surface area contributed by atoms with Gasteiger partial charge in [-0.05, 0) is 42.0 Å². The molecule has 0 saturated heterocycles. The van der Waals surface area contributed by atoms with Crippen LogP contribution in [0.15, 0.2) is 18.2 Å². The Kier molecular flexibility index (Phi) is 4.53. The molecule has 7 heteroatoms. The maximum absolute atomic E-state index is 12.0. The van der Waals surface area contributed by atoms with Crippen molar-refractivity contribution >= 4 is 16.2 Å². The van der Waals surface area contributed by atoms with Crippen LogP contribution in [0.25, 0.3) is 0 Å². The van der Waals surface area contributed by atoms with E-state index >= 15 is 0 Å². The van der Waals surface area contributed by atoms with Gasteiger partial charge in [-0.15, -0.1) is 0 Å². The fourth-order valence-electron chi connectivity index (χ4n) is 2.57. The van der Waals surface area contributed by atoms with E-state index in [4.69, 9.17) is 5.11 Å². The predicted octanol–water partition coefficient (Wildman–Crippen LogP) is 2.31. The molecule has 0 radical (unpaired) electrons. The molecule has 0 saturated carbocycles.